The second-order valence-electron chi connectivity index (χ2n) is 7.54. The van der Waals surface area contributed by atoms with Gasteiger partial charge in [-0.05, 0) is 43.7 Å². The van der Waals surface area contributed by atoms with Gasteiger partial charge in [0.1, 0.15) is 17.8 Å². The van der Waals surface area contributed by atoms with Crippen LogP contribution in [0.2, 0.25) is 0 Å². The van der Waals surface area contributed by atoms with E-state index in [1.807, 2.05) is 30.5 Å². The standard InChI is InChI=1S/C22H20N4O/c23-21-20-17(12-26(18-8-9-18)22(20)25-13-24-21)7-6-14-2-1-3-16(10-14)19(27)11-15-4-5-15/h1-3,10,12-13,15,18H,4-5,8-9,11H2,(H2,23,24,25). The van der Waals surface area contributed by atoms with E-state index in [9.17, 15) is 4.79 Å². The van der Waals surface area contributed by atoms with Crippen LogP contribution in [-0.4, -0.2) is 20.3 Å². The van der Waals surface area contributed by atoms with Crippen molar-refractivity contribution in [2.45, 2.75) is 38.1 Å². The summed E-state index contributed by atoms with van der Waals surface area (Å²) in [7, 11) is 0. The summed E-state index contributed by atoms with van der Waals surface area (Å²) in [5.41, 5.74) is 9.37. The van der Waals surface area contributed by atoms with E-state index in [-0.39, 0.29) is 5.78 Å². The first-order valence-corrected chi connectivity index (χ1v) is 9.45. The average molecular weight is 356 g/mol. The topological polar surface area (TPSA) is 73.8 Å². The minimum absolute atomic E-state index is 0.212. The zero-order valence-corrected chi connectivity index (χ0v) is 15.0. The van der Waals surface area contributed by atoms with Crippen molar-refractivity contribution in [2.75, 3.05) is 5.73 Å². The molecule has 3 aromatic rings. The van der Waals surface area contributed by atoms with Gasteiger partial charge in [-0.25, -0.2) is 9.97 Å². The molecule has 1 aromatic carbocycles. The van der Waals surface area contributed by atoms with E-state index in [0.717, 1.165) is 40.6 Å². The lowest BCUT2D eigenvalue weighted by Crippen LogP contribution is -2.00. The SMILES string of the molecule is Nc1ncnc2c1c(C#Cc1cccc(C(=O)CC3CC3)c1)cn2C1CC1. The number of hydrogen-bond acceptors (Lipinski definition) is 4. The molecule has 0 unspecified atom stereocenters. The third-order valence-corrected chi connectivity index (χ3v) is 5.28. The molecule has 2 aliphatic rings. The summed E-state index contributed by atoms with van der Waals surface area (Å²) in [5.74, 6) is 7.67. The van der Waals surface area contributed by atoms with E-state index in [0.29, 0.717) is 24.2 Å². The van der Waals surface area contributed by atoms with Crippen LogP contribution >= 0.6 is 0 Å². The first kappa shape index (κ1) is 16.1. The van der Waals surface area contributed by atoms with Gasteiger partial charge < -0.3 is 10.3 Å². The van der Waals surface area contributed by atoms with Crippen LogP contribution in [0.4, 0.5) is 5.82 Å². The van der Waals surface area contributed by atoms with Crippen LogP contribution in [0.1, 0.15) is 59.6 Å². The average Bonchev–Trinajstić information content (AvgIpc) is 3.60. The highest BCUT2D eigenvalue weighted by atomic mass is 16.1. The highest BCUT2D eigenvalue weighted by Crippen LogP contribution is 2.39. The molecular weight excluding hydrogens is 336 g/mol. The predicted molar refractivity (Wildman–Crippen MR) is 104 cm³/mol. The maximum absolute atomic E-state index is 12.3. The zero-order chi connectivity index (χ0) is 18.4. The highest BCUT2D eigenvalue weighted by Gasteiger charge is 2.27. The minimum Gasteiger partial charge on any atom is -0.383 e. The van der Waals surface area contributed by atoms with E-state index in [2.05, 4.69) is 26.4 Å². The van der Waals surface area contributed by atoms with Crippen molar-refractivity contribution in [2.24, 2.45) is 5.92 Å². The van der Waals surface area contributed by atoms with E-state index >= 15 is 0 Å². The summed E-state index contributed by atoms with van der Waals surface area (Å²) in [6.45, 7) is 0. The summed E-state index contributed by atoms with van der Waals surface area (Å²) in [5, 5.41) is 0.817. The molecule has 0 radical (unpaired) electrons. The van der Waals surface area contributed by atoms with E-state index in [1.54, 1.807) is 0 Å². The number of benzene rings is 1. The van der Waals surface area contributed by atoms with Gasteiger partial charge in [0, 0.05) is 29.8 Å². The molecule has 0 atom stereocenters. The van der Waals surface area contributed by atoms with Gasteiger partial charge >= 0.3 is 0 Å². The van der Waals surface area contributed by atoms with Gasteiger partial charge in [-0.1, -0.05) is 24.0 Å². The molecule has 2 heterocycles. The third-order valence-electron chi connectivity index (χ3n) is 5.28. The zero-order valence-electron chi connectivity index (χ0n) is 15.0. The van der Waals surface area contributed by atoms with E-state index in [4.69, 9.17) is 5.73 Å². The Kier molecular flexibility index (Phi) is 3.71. The quantitative estimate of drug-likeness (QED) is 0.571. The molecule has 5 rings (SSSR count). The summed E-state index contributed by atoms with van der Waals surface area (Å²) in [6.07, 6.45) is 8.86. The maximum Gasteiger partial charge on any atom is 0.163 e. The molecule has 2 aliphatic carbocycles. The van der Waals surface area contributed by atoms with Crippen molar-refractivity contribution in [1.29, 1.82) is 0 Å². The Morgan fingerprint density at radius 3 is 2.81 bits per heavy atom. The molecule has 0 saturated heterocycles. The molecule has 27 heavy (non-hydrogen) atoms. The summed E-state index contributed by atoms with van der Waals surface area (Å²) in [6, 6.07) is 8.08. The van der Waals surface area contributed by atoms with Gasteiger partial charge in [0.2, 0.25) is 0 Å². The Labute approximate surface area is 157 Å². The fourth-order valence-corrected chi connectivity index (χ4v) is 3.45. The Hall–Kier alpha value is -3.13. The van der Waals surface area contributed by atoms with Crippen LogP contribution in [0, 0.1) is 17.8 Å². The number of nitrogens with zero attached hydrogens (tertiary/aromatic N) is 3. The van der Waals surface area contributed by atoms with Crippen molar-refractivity contribution in [3.05, 3.63) is 53.5 Å². The van der Waals surface area contributed by atoms with Crippen molar-refractivity contribution < 1.29 is 4.79 Å². The molecule has 134 valence electrons. The molecule has 0 amide bonds. The first-order valence-electron chi connectivity index (χ1n) is 9.45. The van der Waals surface area contributed by atoms with Crippen LogP contribution < -0.4 is 5.73 Å². The molecule has 0 aliphatic heterocycles. The number of nitrogens with two attached hydrogens (primary N) is 1. The monoisotopic (exact) mass is 356 g/mol. The number of aromatic nitrogens is 3. The van der Waals surface area contributed by atoms with Gasteiger partial charge in [-0.15, -0.1) is 0 Å². The minimum atomic E-state index is 0.212. The number of fused-ring (bicyclic) bond motifs is 1. The first-order chi connectivity index (χ1) is 13.2. The number of rotatable bonds is 4. The highest BCUT2D eigenvalue weighted by molar-refractivity contribution is 5.97. The van der Waals surface area contributed by atoms with Crippen molar-refractivity contribution in [3.8, 4) is 11.8 Å². The summed E-state index contributed by atoms with van der Waals surface area (Å²) in [4.78, 5) is 20.9. The Morgan fingerprint density at radius 1 is 1.19 bits per heavy atom. The number of Topliss-reactive ketones (excluding diaryl/α,β-unsaturated/α-hetero) is 1. The second kappa shape index (κ2) is 6.24. The Bertz CT molecular complexity index is 1110. The van der Waals surface area contributed by atoms with Gasteiger partial charge in [0.25, 0.3) is 0 Å². The Balaban J connectivity index is 1.50. The summed E-state index contributed by atoms with van der Waals surface area (Å²) >= 11 is 0. The van der Waals surface area contributed by atoms with Crippen molar-refractivity contribution in [3.63, 3.8) is 0 Å². The predicted octanol–water partition coefficient (Wildman–Crippen LogP) is 3.73. The molecule has 2 saturated carbocycles. The molecule has 2 N–H and O–H groups in total. The normalized spacial score (nSPS) is 16.1. The fraction of sp³-hybridized carbons (Fsp3) is 0.318. The lowest BCUT2D eigenvalue weighted by molar-refractivity contribution is 0.0976. The van der Waals surface area contributed by atoms with Crippen LogP contribution in [-0.2, 0) is 0 Å². The van der Waals surface area contributed by atoms with Crippen LogP contribution in [0.3, 0.4) is 0 Å². The number of anilines is 1. The van der Waals surface area contributed by atoms with Crippen LogP contribution in [0.15, 0.2) is 36.8 Å². The lowest BCUT2D eigenvalue weighted by atomic mass is 10.0. The molecular formula is C22H20N4O. The Morgan fingerprint density at radius 2 is 2.04 bits per heavy atom. The van der Waals surface area contributed by atoms with Gasteiger partial charge in [-0.2, -0.15) is 0 Å². The number of carbonyl (C=O) groups is 1. The van der Waals surface area contributed by atoms with Crippen molar-refractivity contribution >= 4 is 22.6 Å². The number of nitrogen functional groups attached to an aromatic ring is 1. The number of hydrogen-bond donors (Lipinski definition) is 1. The molecule has 2 fully saturated rings. The fourth-order valence-electron chi connectivity index (χ4n) is 3.45. The largest absolute Gasteiger partial charge is 0.383 e. The smallest absolute Gasteiger partial charge is 0.163 e. The van der Waals surface area contributed by atoms with Crippen LogP contribution in [0.25, 0.3) is 11.0 Å². The summed E-state index contributed by atoms with van der Waals surface area (Å²) < 4.78 is 2.16. The maximum atomic E-state index is 12.3. The van der Waals surface area contributed by atoms with Gasteiger partial charge in [0.15, 0.2) is 5.78 Å². The molecule has 5 nitrogen and oxygen atoms in total. The number of carbonyl (C=O) groups excluding carboxylic acids is 1. The van der Waals surface area contributed by atoms with Gasteiger partial charge in [0.05, 0.1) is 10.9 Å². The molecule has 0 spiro atoms. The molecule has 5 heteroatoms. The number of ketones is 1. The molecule has 0 bridgehead atoms. The van der Waals surface area contributed by atoms with Crippen LogP contribution in [0.5, 0.6) is 0 Å². The third kappa shape index (κ3) is 3.19. The lowest BCUT2D eigenvalue weighted by Gasteiger charge is -2.00. The second-order valence-corrected chi connectivity index (χ2v) is 7.54. The van der Waals surface area contributed by atoms with E-state index < -0.39 is 0 Å². The molecule has 2 aromatic heterocycles. The van der Waals surface area contributed by atoms with Gasteiger partial charge in [-0.3, -0.25) is 4.79 Å². The van der Waals surface area contributed by atoms with Crippen molar-refractivity contribution in [1.82, 2.24) is 14.5 Å². The van der Waals surface area contributed by atoms with E-state index in [1.165, 1.54) is 19.2 Å².